The molecule has 0 unspecified atom stereocenters. The molecule has 0 radical (unpaired) electrons. The average Bonchev–Trinajstić information content (AvgIpc) is 2.41. The third-order valence-corrected chi connectivity index (χ3v) is 2.73. The number of aromatic nitrogens is 2. The van der Waals surface area contributed by atoms with Gasteiger partial charge in [-0.2, -0.15) is 0 Å². The van der Waals surface area contributed by atoms with Crippen molar-refractivity contribution in [3.8, 4) is 0 Å². The van der Waals surface area contributed by atoms with Gasteiger partial charge in [-0.25, -0.2) is 9.97 Å². The molecule has 82 valence electrons. The van der Waals surface area contributed by atoms with Crippen LogP contribution in [-0.2, 0) is 12.8 Å². The number of hydrogen-bond donors (Lipinski definition) is 1. The number of nitrogens with zero attached hydrogens (tertiary/aromatic N) is 3. The lowest BCUT2D eigenvalue weighted by Crippen LogP contribution is -2.17. The molecule has 1 aromatic rings. The SMILES string of the molecule is CN(C)c1nc(Cl)nc2c1CCNCC2. The Bertz CT molecular complexity index is 365. The van der Waals surface area contributed by atoms with Crippen LogP contribution in [0.25, 0.3) is 0 Å². The van der Waals surface area contributed by atoms with E-state index in [1.165, 1.54) is 5.56 Å². The molecule has 15 heavy (non-hydrogen) atoms. The minimum absolute atomic E-state index is 0.347. The van der Waals surface area contributed by atoms with Gasteiger partial charge in [0, 0.05) is 32.6 Å². The van der Waals surface area contributed by atoms with Gasteiger partial charge in [-0.3, -0.25) is 0 Å². The summed E-state index contributed by atoms with van der Waals surface area (Å²) in [6.07, 6.45) is 1.90. The molecule has 4 nitrogen and oxygen atoms in total. The van der Waals surface area contributed by atoms with Crippen molar-refractivity contribution in [1.82, 2.24) is 15.3 Å². The second-order valence-corrected chi connectivity index (χ2v) is 4.22. The van der Waals surface area contributed by atoms with Crippen molar-refractivity contribution in [2.75, 3.05) is 32.1 Å². The van der Waals surface area contributed by atoms with E-state index < -0.39 is 0 Å². The van der Waals surface area contributed by atoms with Gasteiger partial charge in [-0.1, -0.05) is 0 Å². The maximum Gasteiger partial charge on any atom is 0.224 e. The first-order valence-electron chi connectivity index (χ1n) is 5.12. The van der Waals surface area contributed by atoms with Crippen molar-refractivity contribution >= 4 is 17.4 Å². The summed E-state index contributed by atoms with van der Waals surface area (Å²) in [6.45, 7) is 1.95. The zero-order chi connectivity index (χ0) is 10.8. The van der Waals surface area contributed by atoms with Gasteiger partial charge < -0.3 is 10.2 Å². The fourth-order valence-corrected chi connectivity index (χ4v) is 2.05. The highest BCUT2D eigenvalue weighted by molar-refractivity contribution is 6.28. The van der Waals surface area contributed by atoms with E-state index in [-0.39, 0.29) is 0 Å². The normalized spacial score (nSPS) is 15.7. The lowest BCUT2D eigenvalue weighted by Gasteiger charge is -2.17. The predicted molar refractivity (Wildman–Crippen MR) is 61.6 cm³/mol. The second kappa shape index (κ2) is 4.33. The summed E-state index contributed by atoms with van der Waals surface area (Å²) in [7, 11) is 3.97. The zero-order valence-corrected chi connectivity index (χ0v) is 9.80. The number of halogens is 1. The molecule has 1 N–H and O–H groups in total. The van der Waals surface area contributed by atoms with Crippen LogP contribution in [0.3, 0.4) is 0 Å². The smallest absolute Gasteiger partial charge is 0.224 e. The van der Waals surface area contributed by atoms with Crippen LogP contribution in [-0.4, -0.2) is 37.2 Å². The van der Waals surface area contributed by atoms with Crippen molar-refractivity contribution in [1.29, 1.82) is 0 Å². The van der Waals surface area contributed by atoms with E-state index in [1.54, 1.807) is 0 Å². The first-order valence-corrected chi connectivity index (χ1v) is 5.49. The van der Waals surface area contributed by atoms with E-state index in [0.29, 0.717) is 5.28 Å². The van der Waals surface area contributed by atoms with Crippen molar-refractivity contribution in [3.05, 3.63) is 16.5 Å². The standard InChI is InChI=1S/C10H15ClN4/c1-15(2)9-7-3-5-12-6-4-8(7)13-10(11)14-9/h12H,3-6H2,1-2H3. The van der Waals surface area contributed by atoms with E-state index in [1.807, 2.05) is 19.0 Å². The van der Waals surface area contributed by atoms with Crippen LogP contribution in [0.5, 0.6) is 0 Å². The summed E-state index contributed by atoms with van der Waals surface area (Å²) in [4.78, 5) is 10.6. The molecule has 1 aromatic heterocycles. The Balaban J connectivity index is 2.50. The lowest BCUT2D eigenvalue weighted by molar-refractivity contribution is 0.708. The lowest BCUT2D eigenvalue weighted by atomic mass is 10.1. The van der Waals surface area contributed by atoms with Gasteiger partial charge >= 0.3 is 0 Å². The average molecular weight is 227 g/mol. The van der Waals surface area contributed by atoms with Gasteiger partial charge in [0.1, 0.15) is 5.82 Å². The minimum atomic E-state index is 0.347. The van der Waals surface area contributed by atoms with Crippen LogP contribution in [0.15, 0.2) is 0 Å². The van der Waals surface area contributed by atoms with Gasteiger partial charge in [-0.05, 0) is 24.6 Å². The van der Waals surface area contributed by atoms with Gasteiger partial charge in [0.2, 0.25) is 5.28 Å². The maximum absolute atomic E-state index is 5.91. The molecule has 0 spiro atoms. The van der Waals surface area contributed by atoms with Crippen LogP contribution in [0.2, 0.25) is 5.28 Å². The summed E-state index contributed by atoms with van der Waals surface area (Å²) in [5.41, 5.74) is 2.32. The molecule has 0 amide bonds. The summed E-state index contributed by atoms with van der Waals surface area (Å²) in [5.74, 6) is 0.953. The monoisotopic (exact) mass is 226 g/mol. The Morgan fingerprint density at radius 2 is 1.93 bits per heavy atom. The van der Waals surface area contributed by atoms with E-state index in [0.717, 1.165) is 37.4 Å². The molecular formula is C10H15ClN4. The van der Waals surface area contributed by atoms with E-state index in [9.17, 15) is 0 Å². The highest BCUT2D eigenvalue weighted by atomic mass is 35.5. The quantitative estimate of drug-likeness (QED) is 0.722. The molecular weight excluding hydrogens is 212 g/mol. The number of anilines is 1. The van der Waals surface area contributed by atoms with Crippen molar-refractivity contribution in [2.24, 2.45) is 0 Å². The molecule has 0 fully saturated rings. The van der Waals surface area contributed by atoms with E-state index in [4.69, 9.17) is 11.6 Å². The highest BCUT2D eigenvalue weighted by Crippen LogP contribution is 2.22. The topological polar surface area (TPSA) is 41.1 Å². The summed E-state index contributed by atoms with van der Waals surface area (Å²) in [6, 6.07) is 0. The van der Waals surface area contributed by atoms with Crippen molar-refractivity contribution in [3.63, 3.8) is 0 Å². The van der Waals surface area contributed by atoms with Crippen molar-refractivity contribution < 1.29 is 0 Å². The first-order chi connectivity index (χ1) is 7.18. The predicted octanol–water partition coefficient (Wildman–Crippen LogP) is 0.884. The second-order valence-electron chi connectivity index (χ2n) is 3.89. The molecule has 0 bridgehead atoms. The van der Waals surface area contributed by atoms with Gasteiger partial charge in [0.25, 0.3) is 0 Å². The van der Waals surface area contributed by atoms with Crippen molar-refractivity contribution in [2.45, 2.75) is 12.8 Å². The summed E-state index contributed by atoms with van der Waals surface area (Å²) < 4.78 is 0. The number of fused-ring (bicyclic) bond motifs is 1. The number of hydrogen-bond acceptors (Lipinski definition) is 4. The molecule has 2 rings (SSSR count). The Kier molecular flexibility index (Phi) is 3.07. The molecule has 0 aromatic carbocycles. The number of rotatable bonds is 1. The zero-order valence-electron chi connectivity index (χ0n) is 9.05. The molecule has 0 saturated carbocycles. The number of nitrogens with one attached hydrogen (secondary N) is 1. The maximum atomic E-state index is 5.91. The Labute approximate surface area is 94.7 Å². The van der Waals surface area contributed by atoms with Crippen LogP contribution >= 0.6 is 11.6 Å². The first kappa shape index (κ1) is 10.6. The van der Waals surface area contributed by atoms with Crippen LogP contribution in [0.4, 0.5) is 5.82 Å². The van der Waals surface area contributed by atoms with Crippen LogP contribution in [0, 0.1) is 0 Å². The van der Waals surface area contributed by atoms with Gasteiger partial charge in [-0.15, -0.1) is 0 Å². The minimum Gasteiger partial charge on any atom is -0.362 e. The fraction of sp³-hybridized carbons (Fsp3) is 0.600. The fourth-order valence-electron chi connectivity index (χ4n) is 1.87. The summed E-state index contributed by atoms with van der Waals surface area (Å²) in [5, 5.41) is 3.70. The Hall–Kier alpha value is -0.870. The summed E-state index contributed by atoms with van der Waals surface area (Å²) >= 11 is 5.91. The Morgan fingerprint density at radius 3 is 2.67 bits per heavy atom. The van der Waals surface area contributed by atoms with Crippen LogP contribution in [0.1, 0.15) is 11.3 Å². The molecule has 2 heterocycles. The largest absolute Gasteiger partial charge is 0.362 e. The molecule has 1 aliphatic heterocycles. The van der Waals surface area contributed by atoms with Crippen LogP contribution < -0.4 is 10.2 Å². The molecule has 0 aliphatic carbocycles. The van der Waals surface area contributed by atoms with E-state index >= 15 is 0 Å². The highest BCUT2D eigenvalue weighted by Gasteiger charge is 2.16. The Morgan fingerprint density at radius 1 is 1.20 bits per heavy atom. The molecule has 0 atom stereocenters. The third kappa shape index (κ3) is 2.21. The molecule has 0 saturated heterocycles. The van der Waals surface area contributed by atoms with Gasteiger partial charge in [0.05, 0.1) is 5.69 Å². The third-order valence-electron chi connectivity index (χ3n) is 2.56. The van der Waals surface area contributed by atoms with Gasteiger partial charge in [0.15, 0.2) is 0 Å². The van der Waals surface area contributed by atoms with E-state index in [2.05, 4.69) is 15.3 Å². The molecule has 5 heteroatoms. The molecule has 1 aliphatic rings.